The molecule has 2 aromatic heterocycles. The van der Waals surface area contributed by atoms with Crippen LogP contribution in [0.2, 0.25) is 0 Å². The summed E-state index contributed by atoms with van der Waals surface area (Å²) in [6.45, 7) is 0. The molecule has 5 aromatic rings. The average Bonchev–Trinajstić information content (AvgIpc) is 3.37. The number of methoxy groups -OCH3 is 1. The van der Waals surface area contributed by atoms with Crippen LogP contribution < -0.4 is 5.73 Å². The van der Waals surface area contributed by atoms with E-state index >= 15 is 0 Å². The summed E-state index contributed by atoms with van der Waals surface area (Å²) in [5.74, 6) is 0.346. The first-order valence-electron chi connectivity index (χ1n) is 8.88. The SMILES string of the molecule is COC(=O)c1cccc2oc(-c3cccc4oc(-c5ccc(N)cc5)nc34)nc12. The van der Waals surface area contributed by atoms with Crippen molar-refractivity contribution >= 4 is 33.9 Å². The van der Waals surface area contributed by atoms with E-state index < -0.39 is 5.97 Å². The van der Waals surface area contributed by atoms with Gasteiger partial charge in [0.05, 0.1) is 18.2 Å². The highest BCUT2D eigenvalue weighted by Gasteiger charge is 2.20. The number of carbonyl (C=O) groups excluding carboxylic acids is 1. The topological polar surface area (TPSA) is 104 Å². The second-order valence-electron chi connectivity index (χ2n) is 6.46. The van der Waals surface area contributed by atoms with Gasteiger partial charge in [-0.1, -0.05) is 12.1 Å². The van der Waals surface area contributed by atoms with Crippen molar-refractivity contribution in [1.29, 1.82) is 0 Å². The van der Waals surface area contributed by atoms with Gasteiger partial charge in [0.15, 0.2) is 11.2 Å². The van der Waals surface area contributed by atoms with Crippen LogP contribution in [0.5, 0.6) is 0 Å². The molecule has 0 bridgehead atoms. The van der Waals surface area contributed by atoms with Crippen molar-refractivity contribution in [1.82, 2.24) is 9.97 Å². The Labute approximate surface area is 164 Å². The van der Waals surface area contributed by atoms with E-state index in [1.54, 1.807) is 30.3 Å². The van der Waals surface area contributed by atoms with E-state index in [1.807, 2.05) is 30.3 Å². The quantitative estimate of drug-likeness (QED) is 0.355. The summed E-state index contributed by atoms with van der Waals surface area (Å²) in [6.07, 6.45) is 0. The summed E-state index contributed by atoms with van der Waals surface area (Å²) in [6, 6.07) is 17.9. The number of hydrogen-bond acceptors (Lipinski definition) is 7. The van der Waals surface area contributed by atoms with Crippen molar-refractivity contribution in [2.45, 2.75) is 0 Å². The van der Waals surface area contributed by atoms with Crippen molar-refractivity contribution in [3.05, 3.63) is 66.2 Å². The van der Waals surface area contributed by atoms with Gasteiger partial charge in [-0.05, 0) is 48.5 Å². The molecule has 0 radical (unpaired) electrons. The molecular formula is C22H15N3O4. The molecule has 2 N–H and O–H groups in total. The first kappa shape index (κ1) is 17.0. The summed E-state index contributed by atoms with van der Waals surface area (Å²) >= 11 is 0. The average molecular weight is 385 g/mol. The first-order valence-corrected chi connectivity index (χ1v) is 8.88. The molecule has 0 aliphatic rings. The molecule has 0 amide bonds. The molecule has 3 aromatic carbocycles. The maximum atomic E-state index is 12.0. The number of ether oxygens (including phenoxy) is 1. The van der Waals surface area contributed by atoms with Gasteiger partial charge in [0.2, 0.25) is 11.8 Å². The second kappa shape index (κ2) is 6.49. The summed E-state index contributed by atoms with van der Waals surface area (Å²) in [4.78, 5) is 21.2. The predicted octanol–water partition coefficient (Wildman–Crippen LogP) is 4.67. The van der Waals surface area contributed by atoms with Crippen LogP contribution in [0.25, 0.3) is 45.1 Å². The van der Waals surface area contributed by atoms with Gasteiger partial charge < -0.3 is 19.3 Å². The summed E-state index contributed by atoms with van der Waals surface area (Å²) in [5.41, 5.74) is 10.4. The molecule has 0 spiro atoms. The van der Waals surface area contributed by atoms with E-state index in [9.17, 15) is 4.79 Å². The third-order valence-electron chi connectivity index (χ3n) is 4.63. The molecule has 2 heterocycles. The lowest BCUT2D eigenvalue weighted by molar-refractivity contribution is 0.0602. The highest BCUT2D eigenvalue weighted by molar-refractivity contribution is 6.02. The molecule has 0 fully saturated rings. The van der Waals surface area contributed by atoms with Crippen LogP contribution in [0.1, 0.15) is 10.4 Å². The Kier molecular flexibility index (Phi) is 3.80. The molecule has 0 aliphatic carbocycles. The second-order valence-corrected chi connectivity index (χ2v) is 6.46. The van der Waals surface area contributed by atoms with Crippen LogP contribution in [0.15, 0.2) is 69.5 Å². The molecule has 0 unspecified atom stereocenters. The van der Waals surface area contributed by atoms with E-state index in [0.29, 0.717) is 50.8 Å². The lowest BCUT2D eigenvalue weighted by atomic mass is 10.2. The number of nitrogens with zero attached hydrogens (tertiary/aromatic N) is 2. The van der Waals surface area contributed by atoms with E-state index in [4.69, 9.17) is 19.3 Å². The minimum absolute atomic E-state index is 0.342. The van der Waals surface area contributed by atoms with E-state index in [1.165, 1.54) is 7.11 Å². The first-order chi connectivity index (χ1) is 14.1. The summed E-state index contributed by atoms with van der Waals surface area (Å²) < 4.78 is 16.7. The van der Waals surface area contributed by atoms with Crippen molar-refractivity contribution in [3.63, 3.8) is 0 Å². The van der Waals surface area contributed by atoms with Gasteiger partial charge in [0.1, 0.15) is 11.0 Å². The summed E-state index contributed by atoms with van der Waals surface area (Å²) in [7, 11) is 1.33. The number of esters is 1. The highest BCUT2D eigenvalue weighted by Crippen LogP contribution is 2.33. The van der Waals surface area contributed by atoms with Gasteiger partial charge in [0, 0.05) is 11.3 Å². The molecule has 5 rings (SSSR count). The molecule has 0 saturated heterocycles. The number of hydrogen-bond donors (Lipinski definition) is 1. The number of anilines is 1. The molecule has 7 heteroatoms. The number of oxazole rings is 2. The van der Waals surface area contributed by atoms with Crippen molar-refractivity contribution in [3.8, 4) is 22.9 Å². The predicted molar refractivity (Wildman–Crippen MR) is 108 cm³/mol. The van der Waals surface area contributed by atoms with Crippen LogP contribution >= 0.6 is 0 Å². The zero-order valence-electron chi connectivity index (χ0n) is 15.4. The standard InChI is InChI=1S/C22H15N3O4/c1-27-22(26)15-5-3-7-17-19(15)25-21(29-17)14-4-2-6-16-18(14)24-20(28-16)12-8-10-13(23)11-9-12/h2-11H,23H2,1H3. The number of carbonyl (C=O) groups is 1. The van der Waals surface area contributed by atoms with Gasteiger partial charge in [-0.2, -0.15) is 0 Å². The fourth-order valence-electron chi connectivity index (χ4n) is 3.21. The molecule has 142 valence electrons. The van der Waals surface area contributed by atoms with E-state index in [0.717, 1.165) is 5.56 Å². The van der Waals surface area contributed by atoms with Gasteiger partial charge >= 0.3 is 5.97 Å². The van der Waals surface area contributed by atoms with Crippen molar-refractivity contribution in [2.24, 2.45) is 0 Å². The molecule has 7 nitrogen and oxygen atoms in total. The zero-order chi connectivity index (χ0) is 20.0. The van der Waals surface area contributed by atoms with Gasteiger partial charge in [0.25, 0.3) is 0 Å². The monoisotopic (exact) mass is 385 g/mol. The van der Waals surface area contributed by atoms with E-state index in [2.05, 4.69) is 9.97 Å². The molecule has 29 heavy (non-hydrogen) atoms. The fraction of sp³-hybridized carbons (Fsp3) is 0.0455. The van der Waals surface area contributed by atoms with Crippen LogP contribution in [0, 0.1) is 0 Å². The van der Waals surface area contributed by atoms with Crippen molar-refractivity contribution < 1.29 is 18.4 Å². The number of nitrogens with two attached hydrogens (primary N) is 1. The van der Waals surface area contributed by atoms with Gasteiger partial charge in [-0.15, -0.1) is 0 Å². The normalized spacial score (nSPS) is 11.2. The molecule has 0 saturated carbocycles. The molecule has 0 atom stereocenters. The number of aromatic nitrogens is 2. The van der Waals surface area contributed by atoms with Crippen LogP contribution in [0.3, 0.4) is 0 Å². The lowest BCUT2D eigenvalue weighted by Crippen LogP contribution is -2.01. The Morgan fingerprint density at radius 1 is 0.862 bits per heavy atom. The number of fused-ring (bicyclic) bond motifs is 2. The van der Waals surface area contributed by atoms with E-state index in [-0.39, 0.29) is 0 Å². The minimum atomic E-state index is -0.472. The van der Waals surface area contributed by atoms with Gasteiger partial charge in [-0.3, -0.25) is 0 Å². The van der Waals surface area contributed by atoms with Crippen LogP contribution in [-0.2, 0) is 4.74 Å². The smallest absolute Gasteiger partial charge is 0.340 e. The minimum Gasteiger partial charge on any atom is -0.465 e. The summed E-state index contributed by atoms with van der Waals surface area (Å²) in [5, 5.41) is 0. The Balaban J connectivity index is 1.67. The molecular weight excluding hydrogens is 370 g/mol. The maximum absolute atomic E-state index is 12.0. The lowest BCUT2D eigenvalue weighted by Gasteiger charge is -1.97. The number of nitrogen functional groups attached to an aromatic ring is 1. The van der Waals surface area contributed by atoms with Crippen molar-refractivity contribution in [2.75, 3.05) is 12.8 Å². The highest BCUT2D eigenvalue weighted by atomic mass is 16.5. The Morgan fingerprint density at radius 2 is 1.52 bits per heavy atom. The number of para-hydroxylation sites is 2. The fourth-order valence-corrected chi connectivity index (χ4v) is 3.21. The van der Waals surface area contributed by atoms with Crippen LogP contribution in [0.4, 0.5) is 5.69 Å². The largest absolute Gasteiger partial charge is 0.465 e. The van der Waals surface area contributed by atoms with Gasteiger partial charge in [-0.25, -0.2) is 14.8 Å². The zero-order valence-corrected chi connectivity index (χ0v) is 15.4. The maximum Gasteiger partial charge on any atom is 0.340 e. The Morgan fingerprint density at radius 3 is 2.28 bits per heavy atom. The third-order valence-corrected chi connectivity index (χ3v) is 4.63. The third kappa shape index (κ3) is 2.80. The Hall–Kier alpha value is -4.13. The van der Waals surface area contributed by atoms with Crippen LogP contribution in [-0.4, -0.2) is 23.0 Å². The number of rotatable bonds is 3. The Bertz CT molecular complexity index is 1370. The number of benzene rings is 3. The molecule has 0 aliphatic heterocycles.